The monoisotopic (exact) mass is 331 g/mol. The number of aryl methyl sites for hydroxylation is 2. The minimum Gasteiger partial charge on any atom is -0.332 e. The van der Waals surface area contributed by atoms with E-state index in [0.29, 0.717) is 17.5 Å². The molecule has 2 aromatic rings. The molecule has 0 bridgehead atoms. The van der Waals surface area contributed by atoms with E-state index in [-0.39, 0.29) is 23.3 Å². The van der Waals surface area contributed by atoms with Gasteiger partial charge in [0.1, 0.15) is 11.3 Å². The van der Waals surface area contributed by atoms with Crippen LogP contribution in [0.25, 0.3) is 11.0 Å². The highest BCUT2D eigenvalue weighted by atomic mass is 16.2. The number of nitrogens with one attached hydrogen (secondary N) is 1. The van der Waals surface area contributed by atoms with Crippen LogP contribution in [0.2, 0.25) is 0 Å². The van der Waals surface area contributed by atoms with Crippen LogP contribution in [0, 0.1) is 6.92 Å². The Kier molecular flexibility index (Phi) is 4.00. The molecule has 1 fully saturated rings. The molecule has 0 radical (unpaired) electrons. The number of pyridine rings is 1. The molecule has 2 aromatic heterocycles. The molecule has 1 N–H and O–H groups in total. The molecule has 8 nitrogen and oxygen atoms in total. The van der Waals surface area contributed by atoms with Gasteiger partial charge in [0.2, 0.25) is 0 Å². The zero-order chi connectivity index (χ0) is 17.6. The van der Waals surface area contributed by atoms with E-state index >= 15 is 0 Å². The molecule has 1 atom stereocenters. The van der Waals surface area contributed by atoms with E-state index in [0.717, 1.165) is 17.7 Å². The van der Waals surface area contributed by atoms with Crippen LogP contribution >= 0.6 is 0 Å². The van der Waals surface area contributed by atoms with Crippen molar-refractivity contribution in [1.82, 2.24) is 24.3 Å². The topological polar surface area (TPSA) is 89.2 Å². The van der Waals surface area contributed by atoms with Gasteiger partial charge in [0.05, 0.1) is 5.39 Å². The first-order valence-electron chi connectivity index (χ1n) is 7.92. The SMILES string of the molecule is Cc1cc(C(=O)N2CCNC[C@@H]2C)nc2c1c(=O)n(C)c(=O)n2C. The number of hydrogen-bond acceptors (Lipinski definition) is 5. The first-order chi connectivity index (χ1) is 11.3. The first-order valence-corrected chi connectivity index (χ1v) is 7.92. The number of carbonyl (C=O) groups is 1. The lowest BCUT2D eigenvalue weighted by Gasteiger charge is -2.33. The van der Waals surface area contributed by atoms with Crippen molar-refractivity contribution in [2.45, 2.75) is 19.9 Å². The minimum absolute atomic E-state index is 0.0662. The Morgan fingerprint density at radius 1 is 1.29 bits per heavy atom. The summed E-state index contributed by atoms with van der Waals surface area (Å²) in [4.78, 5) is 43.4. The van der Waals surface area contributed by atoms with Gasteiger partial charge in [0.15, 0.2) is 0 Å². The number of aromatic nitrogens is 3. The second-order valence-corrected chi connectivity index (χ2v) is 6.28. The average Bonchev–Trinajstić information content (AvgIpc) is 2.57. The molecule has 3 heterocycles. The summed E-state index contributed by atoms with van der Waals surface area (Å²) in [6.45, 7) is 5.81. The lowest BCUT2D eigenvalue weighted by molar-refractivity contribution is 0.0650. The Labute approximate surface area is 138 Å². The van der Waals surface area contributed by atoms with Gasteiger partial charge in [-0.2, -0.15) is 0 Å². The van der Waals surface area contributed by atoms with E-state index in [1.165, 1.54) is 11.6 Å². The number of piperazine rings is 1. The molecule has 0 spiro atoms. The third-order valence-electron chi connectivity index (χ3n) is 4.59. The predicted octanol–water partition coefficient (Wildman–Crippen LogP) is -0.625. The molecular weight excluding hydrogens is 310 g/mol. The zero-order valence-electron chi connectivity index (χ0n) is 14.3. The second-order valence-electron chi connectivity index (χ2n) is 6.28. The summed E-state index contributed by atoms with van der Waals surface area (Å²) in [5, 5.41) is 3.60. The summed E-state index contributed by atoms with van der Waals surface area (Å²) in [5.41, 5.74) is 0.292. The van der Waals surface area contributed by atoms with Crippen molar-refractivity contribution >= 4 is 16.9 Å². The van der Waals surface area contributed by atoms with Gasteiger partial charge in [-0.05, 0) is 25.5 Å². The van der Waals surface area contributed by atoms with Crippen LogP contribution in [0.4, 0.5) is 0 Å². The van der Waals surface area contributed by atoms with Crippen molar-refractivity contribution in [2.24, 2.45) is 14.1 Å². The van der Waals surface area contributed by atoms with Crippen LogP contribution in [0.1, 0.15) is 23.0 Å². The van der Waals surface area contributed by atoms with Gasteiger partial charge in [-0.25, -0.2) is 9.78 Å². The van der Waals surface area contributed by atoms with Gasteiger partial charge >= 0.3 is 5.69 Å². The third kappa shape index (κ3) is 2.43. The van der Waals surface area contributed by atoms with E-state index in [4.69, 9.17) is 0 Å². The first kappa shape index (κ1) is 16.4. The largest absolute Gasteiger partial charge is 0.332 e. The van der Waals surface area contributed by atoms with Gasteiger partial charge in [-0.1, -0.05) is 0 Å². The van der Waals surface area contributed by atoms with Crippen molar-refractivity contribution in [3.05, 3.63) is 38.2 Å². The van der Waals surface area contributed by atoms with Crippen LogP contribution in [0.3, 0.4) is 0 Å². The summed E-state index contributed by atoms with van der Waals surface area (Å²) >= 11 is 0. The molecule has 24 heavy (non-hydrogen) atoms. The predicted molar refractivity (Wildman–Crippen MR) is 90.3 cm³/mol. The van der Waals surface area contributed by atoms with E-state index < -0.39 is 11.2 Å². The Hall–Kier alpha value is -2.48. The molecule has 8 heteroatoms. The molecule has 1 aliphatic rings. The molecule has 0 unspecified atom stereocenters. The molecule has 1 aliphatic heterocycles. The highest BCUT2D eigenvalue weighted by molar-refractivity contribution is 5.95. The Morgan fingerprint density at radius 3 is 2.67 bits per heavy atom. The molecule has 0 aromatic carbocycles. The van der Waals surface area contributed by atoms with Crippen molar-refractivity contribution in [3.63, 3.8) is 0 Å². The van der Waals surface area contributed by atoms with E-state index in [1.54, 1.807) is 24.9 Å². The number of hydrogen-bond donors (Lipinski definition) is 1. The fraction of sp³-hybridized carbons (Fsp3) is 0.500. The Morgan fingerprint density at radius 2 is 2.00 bits per heavy atom. The highest BCUT2D eigenvalue weighted by Gasteiger charge is 2.26. The van der Waals surface area contributed by atoms with Crippen molar-refractivity contribution in [2.75, 3.05) is 19.6 Å². The molecule has 3 rings (SSSR count). The third-order valence-corrected chi connectivity index (χ3v) is 4.59. The maximum atomic E-state index is 12.8. The van der Waals surface area contributed by atoms with Gasteiger partial charge in [-0.3, -0.25) is 18.7 Å². The zero-order valence-corrected chi connectivity index (χ0v) is 14.3. The van der Waals surface area contributed by atoms with E-state index in [1.807, 2.05) is 6.92 Å². The number of carbonyl (C=O) groups excluding carboxylic acids is 1. The smallest absolute Gasteiger partial charge is 0.332 e. The van der Waals surface area contributed by atoms with Crippen LogP contribution in [0.5, 0.6) is 0 Å². The fourth-order valence-corrected chi connectivity index (χ4v) is 3.13. The lowest BCUT2D eigenvalue weighted by Crippen LogP contribution is -2.52. The second kappa shape index (κ2) is 5.86. The summed E-state index contributed by atoms with van der Waals surface area (Å²) in [7, 11) is 2.99. The van der Waals surface area contributed by atoms with Gasteiger partial charge < -0.3 is 10.2 Å². The number of rotatable bonds is 1. The van der Waals surface area contributed by atoms with Crippen molar-refractivity contribution < 1.29 is 4.79 Å². The summed E-state index contributed by atoms with van der Waals surface area (Å²) in [6, 6.07) is 1.70. The maximum absolute atomic E-state index is 12.8. The van der Waals surface area contributed by atoms with Crippen LogP contribution in [-0.4, -0.2) is 50.6 Å². The van der Waals surface area contributed by atoms with Crippen LogP contribution < -0.4 is 16.6 Å². The van der Waals surface area contributed by atoms with Crippen LogP contribution in [0.15, 0.2) is 15.7 Å². The van der Waals surface area contributed by atoms with Gasteiger partial charge in [0.25, 0.3) is 11.5 Å². The van der Waals surface area contributed by atoms with E-state index in [9.17, 15) is 14.4 Å². The molecule has 0 saturated carbocycles. The average molecular weight is 331 g/mol. The molecular formula is C16H21N5O3. The minimum atomic E-state index is -0.459. The van der Waals surface area contributed by atoms with E-state index in [2.05, 4.69) is 10.3 Å². The maximum Gasteiger partial charge on any atom is 0.332 e. The molecule has 0 aliphatic carbocycles. The summed E-state index contributed by atoms with van der Waals surface area (Å²) in [6.07, 6.45) is 0. The number of amides is 1. The Bertz CT molecular complexity index is 943. The Balaban J connectivity index is 2.20. The molecule has 1 saturated heterocycles. The summed E-state index contributed by atoms with van der Waals surface area (Å²) in [5.74, 6) is -0.179. The number of nitrogens with zero attached hydrogens (tertiary/aromatic N) is 4. The molecule has 128 valence electrons. The van der Waals surface area contributed by atoms with Gasteiger partial charge in [-0.15, -0.1) is 0 Å². The summed E-state index contributed by atoms with van der Waals surface area (Å²) < 4.78 is 2.36. The van der Waals surface area contributed by atoms with Gasteiger partial charge in [0, 0.05) is 39.8 Å². The normalized spacial score (nSPS) is 18.2. The lowest BCUT2D eigenvalue weighted by atomic mass is 10.1. The fourth-order valence-electron chi connectivity index (χ4n) is 3.13. The van der Waals surface area contributed by atoms with Crippen molar-refractivity contribution in [3.8, 4) is 0 Å². The standard InChI is InChI=1S/C16H21N5O3/c1-9-7-11(14(22)21-6-5-17-8-10(21)2)18-13-12(9)15(23)20(4)16(24)19(13)3/h7,10,17H,5-6,8H2,1-4H3/t10-/m0/s1. The van der Waals surface area contributed by atoms with Crippen LogP contribution in [-0.2, 0) is 14.1 Å². The van der Waals surface area contributed by atoms with Crippen molar-refractivity contribution in [1.29, 1.82) is 0 Å². The highest BCUT2D eigenvalue weighted by Crippen LogP contribution is 2.15. The number of fused-ring (bicyclic) bond motifs is 1. The quantitative estimate of drug-likeness (QED) is 0.752. The molecule has 1 amide bonds.